The maximum atomic E-state index is 12.1. The van der Waals surface area contributed by atoms with E-state index in [-0.39, 0.29) is 5.92 Å². The lowest BCUT2D eigenvalue weighted by molar-refractivity contribution is -0.121. The van der Waals surface area contributed by atoms with Crippen molar-refractivity contribution in [2.75, 3.05) is 5.75 Å². The van der Waals surface area contributed by atoms with Crippen LogP contribution in [0.5, 0.6) is 0 Å². The van der Waals surface area contributed by atoms with E-state index < -0.39 is 0 Å². The van der Waals surface area contributed by atoms with Gasteiger partial charge >= 0.3 is 0 Å². The Hall–Kier alpha value is -2.13. The predicted octanol–water partition coefficient (Wildman–Crippen LogP) is 6.14. The van der Waals surface area contributed by atoms with Gasteiger partial charge in [0.2, 0.25) is 0 Å². The minimum Gasteiger partial charge on any atom is -0.300 e. The molecule has 2 nitrogen and oxygen atoms in total. The normalized spacial score (nSPS) is 18.6. The Labute approximate surface area is 177 Å². The van der Waals surface area contributed by atoms with Crippen LogP contribution in [-0.2, 0) is 24.1 Å². The molecule has 1 unspecified atom stereocenters. The van der Waals surface area contributed by atoms with Crippen molar-refractivity contribution < 1.29 is 4.79 Å². The Bertz CT molecular complexity index is 1060. The first-order valence-electron chi connectivity index (χ1n) is 10.8. The highest BCUT2D eigenvalue weighted by Crippen LogP contribution is 2.43. The van der Waals surface area contributed by atoms with Crippen molar-refractivity contribution >= 4 is 28.3 Å². The van der Waals surface area contributed by atoms with Gasteiger partial charge < -0.3 is 0 Å². The van der Waals surface area contributed by atoms with Crippen LogP contribution in [0.3, 0.4) is 0 Å². The van der Waals surface area contributed by atoms with Gasteiger partial charge in [0.15, 0.2) is 0 Å². The fraction of sp³-hybridized carbons (Fsp3) is 0.385. The minimum absolute atomic E-state index is 0.179. The number of aryl methyl sites for hydroxylation is 2. The van der Waals surface area contributed by atoms with Crippen LogP contribution in [0.25, 0.3) is 10.8 Å². The van der Waals surface area contributed by atoms with Crippen LogP contribution in [0.2, 0.25) is 0 Å². The molecule has 0 N–H and O–H groups in total. The van der Waals surface area contributed by atoms with Crippen molar-refractivity contribution in [1.29, 1.82) is 0 Å². The molecular formula is C26H27NOS. The van der Waals surface area contributed by atoms with Crippen molar-refractivity contribution in [2.45, 2.75) is 56.3 Å². The van der Waals surface area contributed by atoms with Crippen molar-refractivity contribution in [2.24, 2.45) is 5.92 Å². The molecule has 0 aliphatic heterocycles. The number of hydrogen-bond acceptors (Lipinski definition) is 3. The molecule has 5 rings (SSSR count). The fourth-order valence-electron chi connectivity index (χ4n) is 4.53. The van der Waals surface area contributed by atoms with E-state index in [1.165, 1.54) is 50.9 Å². The number of pyridine rings is 1. The van der Waals surface area contributed by atoms with Gasteiger partial charge in [0.1, 0.15) is 5.78 Å². The molecular weight excluding hydrogens is 374 g/mol. The summed E-state index contributed by atoms with van der Waals surface area (Å²) in [5.41, 5.74) is 5.49. The number of thioether (sulfide) groups is 1. The second kappa shape index (κ2) is 7.95. The summed E-state index contributed by atoms with van der Waals surface area (Å²) in [6.07, 6.45) is 8.57. The molecule has 1 heterocycles. The Balaban J connectivity index is 1.52. The standard InChI is InChI=1S/C26H27NOS/c1-17(28)20-9-10-21-13-22-16-27-25(19-7-8-19)15-24(22)26(23(21)14-20)29-12-11-18-5-3-2-4-6-18/h2-6,13,15-16,19-20H,7-12,14H2,1H3. The zero-order valence-electron chi connectivity index (χ0n) is 17.0. The summed E-state index contributed by atoms with van der Waals surface area (Å²) in [6, 6.07) is 15.4. The highest BCUT2D eigenvalue weighted by atomic mass is 32.2. The quantitative estimate of drug-likeness (QED) is 0.465. The lowest BCUT2D eigenvalue weighted by Crippen LogP contribution is -2.21. The number of rotatable bonds is 6. The number of nitrogens with zero attached hydrogens (tertiary/aromatic N) is 1. The molecule has 0 radical (unpaired) electrons. The van der Waals surface area contributed by atoms with Crippen LogP contribution in [-0.4, -0.2) is 16.5 Å². The molecule has 0 bridgehead atoms. The number of carbonyl (C=O) groups excluding carboxylic acids is 1. The predicted molar refractivity (Wildman–Crippen MR) is 121 cm³/mol. The summed E-state index contributed by atoms with van der Waals surface area (Å²) in [5.74, 6) is 2.23. The maximum absolute atomic E-state index is 12.1. The molecule has 2 aliphatic carbocycles. The van der Waals surface area contributed by atoms with Crippen LogP contribution in [0.1, 0.15) is 54.5 Å². The molecule has 2 aliphatic rings. The van der Waals surface area contributed by atoms with Crippen molar-refractivity contribution in [3.8, 4) is 0 Å². The lowest BCUT2D eigenvalue weighted by Gasteiger charge is -2.26. The van der Waals surface area contributed by atoms with Crippen molar-refractivity contribution in [1.82, 2.24) is 4.98 Å². The summed E-state index contributed by atoms with van der Waals surface area (Å²) < 4.78 is 0. The third-order valence-corrected chi connectivity index (χ3v) is 7.62. The van der Waals surface area contributed by atoms with Crippen LogP contribution in [0, 0.1) is 5.92 Å². The zero-order valence-corrected chi connectivity index (χ0v) is 17.8. The number of benzene rings is 2. The van der Waals surface area contributed by atoms with Gasteiger partial charge in [0, 0.05) is 39.8 Å². The molecule has 1 atom stereocenters. The second-order valence-electron chi connectivity index (χ2n) is 8.58. The molecule has 3 heteroatoms. The molecule has 3 aromatic rings. The molecule has 0 spiro atoms. The highest BCUT2D eigenvalue weighted by molar-refractivity contribution is 7.99. The van der Waals surface area contributed by atoms with Gasteiger partial charge in [0.25, 0.3) is 0 Å². The molecule has 0 saturated heterocycles. The van der Waals surface area contributed by atoms with Gasteiger partial charge in [-0.2, -0.15) is 0 Å². The number of hydrogen-bond donors (Lipinski definition) is 0. The molecule has 2 aromatic carbocycles. The first-order chi connectivity index (χ1) is 14.2. The number of Topliss-reactive ketones (excluding diaryl/α,β-unsaturated/α-hetero) is 1. The second-order valence-corrected chi connectivity index (χ2v) is 9.69. The van der Waals surface area contributed by atoms with Crippen LogP contribution < -0.4 is 0 Å². The average molecular weight is 402 g/mol. The Morgan fingerprint density at radius 1 is 1.14 bits per heavy atom. The lowest BCUT2D eigenvalue weighted by atomic mass is 9.81. The first-order valence-corrected chi connectivity index (χ1v) is 11.8. The monoisotopic (exact) mass is 401 g/mol. The fourth-order valence-corrected chi connectivity index (χ4v) is 5.79. The maximum Gasteiger partial charge on any atom is 0.133 e. The van der Waals surface area contributed by atoms with Gasteiger partial charge in [-0.25, -0.2) is 0 Å². The van der Waals surface area contributed by atoms with E-state index in [0.29, 0.717) is 11.7 Å². The number of fused-ring (bicyclic) bond motifs is 2. The molecule has 29 heavy (non-hydrogen) atoms. The summed E-state index contributed by atoms with van der Waals surface area (Å²) in [5, 5.41) is 2.61. The van der Waals surface area contributed by atoms with Crippen LogP contribution >= 0.6 is 11.8 Å². The smallest absolute Gasteiger partial charge is 0.133 e. The third-order valence-electron chi connectivity index (χ3n) is 6.46. The summed E-state index contributed by atoms with van der Waals surface area (Å²) in [7, 11) is 0. The van der Waals surface area contributed by atoms with Gasteiger partial charge in [-0.3, -0.25) is 9.78 Å². The molecule has 0 amide bonds. The van der Waals surface area contributed by atoms with Crippen molar-refractivity contribution in [3.05, 3.63) is 71.0 Å². The summed E-state index contributed by atoms with van der Waals surface area (Å²) >= 11 is 1.97. The van der Waals surface area contributed by atoms with Gasteiger partial charge in [0.05, 0.1) is 0 Å². The van der Waals surface area contributed by atoms with Crippen LogP contribution in [0.15, 0.2) is 53.6 Å². The first kappa shape index (κ1) is 18.9. The van der Waals surface area contributed by atoms with Gasteiger partial charge in [-0.15, -0.1) is 11.8 Å². The van der Waals surface area contributed by atoms with E-state index in [1.807, 2.05) is 11.8 Å². The van der Waals surface area contributed by atoms with E-state index in [0.717, 1.165) is 31.4 Å². The largest absolute Gasteiger partial charge is 0.300 e. The molecule has 1 fully saturated rings. The number of aromatic nitrogens is 1. The molecule has 1 aromatic heterocycles. The van der Waals surface area contributed by atoms with E-state index in [4.69, 9.17) is 4.98 Å². The third kappa shape index (κ3) is 3.98. The summed E-state index contributed by atoms with van der Waals surface area (Å²) in [4.78, 5) is 18.3. The van der Waals surface area contributed by atoms with E-state index in [2.05, 4.69) is 48.7 Å². The molecule has 1 saturated carbocycles. The van der Waals surface area contributed by atoms with Gasteiger partial charge in [-0.1, -0.05) is 30.3 Å². The Morgan fingerprint density at radius 3 is 2.72 bits per heavy atom. The molecule has 148 valence electrons. The Kier molecular flexibility index (Phi) is 5.17. The highest BCUT2D eigenvalue weighted by Gasteiger charge is 2.28. The SMILES string of the molecule is CC(=O)C1CCc2cc3cnc(C4CC4)cc3c(SCCc3ccccc3)c2C1. The number of ketones is 1. The average Bonchev–Trinajstić information content (AvgIpc) is 3.59. The zero-order chi connectivity index (χ0) is 19.8. The summed E-state index contributed by atoms with van der Waals surface area (Å²) in [6.45, 7) is 1.76. The Morgan fingerprint density at radius 2 is 1.97 bits per heavy atom. The topological polar surface area (TPSA) is 30.0 Å². The number of carbonyl (C=O) groups is 1. The van der Waals surface area contributed by atoms with Crippen LogP contribution in [0.4, 0.5) is 0 Å². The van der Waals surface area contributed by atoms with E-state index in [1.54, 1.807) is 6.92 Å². The minimum atomic E-state index is 0.179. The van der Waals surface area contributed by atoms with Gasteiger partial charge in [-0.05, 0) is 79.7 Å². The van der Waals surface area contributed by atoms with Crippen molar-refractivity contribution in [3.63, 3.8) is 0 Å². The van der Waals surface area contributed by atoms with E-state index in [9.17, 15) is 4.79 Å². The van der Waals surface area contributed by atoms with E-state index >= 15 is 0 Å².